The standard InChI is InChI=1S/C23H27N3O5S/c1-23(2)8-14-20(15(27)9-23)19(13(10-24)22(26-14)32-11-18(25)28)12-6-16(29-3)21(31-5)17(7-12)30-4/h6-7,19,26H,8-9,11H2,1-5H3,(H2,25,28)/t19-/m1/s1. The van der Waals surface area contributed by atoms with Crippen molar-refractivity contribution in [3.05, 3.63) is 39.6 Å². The maximum atomic E-state index is 13.3. The summed E-state index contributed by atoms with van der Waals surface area (Å²) in [4.78, 5) is 24.7. The van der Waals surface area contributed by atoms with E-state index in [1.54, 1.807) is 12.1 Å². The molecule has 2 aliphatic rings. The van der Waals surface area contributed by atoms with E-state index in [4.69, 9.17) is 19.9 Å². The van der Waals surface area contributed by atoms with Crippen LogP contribution in [0.1, 0.15) is 38.2 Å². The van der Waals surface area contributed by atoms with Crippen LogP contribution >= 0.6 is 11.8 Å². The third-order valence-electron chi connectivity index (χ3n) is 5.51. The van der Waals surface area contributed by atoms with Crippen LogP contribution in [0.2, 0.25) is 0 Å². The van der Waals surface area contributed by atoms with Crippen molar-refractivity contribution in [2.75, 3.05) is 27.1 Å². The highest BCUT2D eigenvalue weighted by Crippen LogP contribution is 2.50. The van der Waals surface area contributed by atoms with Crippen molar-refractivity contribution in [2.24, 2.45) is 11.1 Å². The number of hydrogen-bond donors (Lipinski definition) is 2. The summed E-state index contributed by atoms with van der Waals surface area (Å²) in [6.45, 7) is 4.06. The van der Waals surface area contributed by atoms with Crippen LogP contribution in [0.15, 0.2) is 34.0 Å². The quantitative estimate of drug-likeness (QED) is 0.640. The molecule has 9 heteroatoms. The summed E-state index contributed by atoms with van der Waals surface area (Å²) in [7, 11) is 4.53. The summed E-state index contributed by atoms with van der Waals surface area (Å²) < 4.78 is 16.4. The van der Waals surface area contributed by atoms with Gasteiger partial charge >= 0.3 is 0 Å². The van der Waals surface area contributed by atoms with Crippen molar-refractivity contribution >= 4 is 23.5 Å². The predicted molar refractivity (Wildman–Crippen MR) is 121 cm³/mol. The molecule has 0 bridgehead atoms. The van der Waals surface area contributed by atoms with Crippen LogP contribution in [0.25, 0.3) is 0 Å². The molecule has 170 valence electrons. The minimum atomic E-state index is -0.635. The molecular formula is C23H27N3O5S. The Kier molecular flexibility index (Phi) is 6.74. The fraction of sp³-hybridized carbons (Fsp3) is 0.435. The minimum Gasteiger partial charge on any atom is -0.493 e. The number of primary amides is 1. The lowest BCUT2D eigenvalue weighted by Crippen LogP contribution is -2.37. The molecule has 1 aromatic carbocycles. The van der Waals surface area contributed by atoms with E-state index >= 15 is 0 Å². The number of nitrogens with zero attached hydrogens (tertiary/aromatic N) is 1. The number of carbonyl (C=O) groups is 2. The monoisotopic (exact) mass is 457 g/mol. The van der Waals surface area contributed by atoms with Crippen LogP contribution in [0.4, 0.5) is 0 Å². The van der Waals surface area contributed by atoms with Crippen molar-refractivity contribution < 1.29 is 23.8 Å². The number of rotatable bonds is 7. The first kappa shape index (κ1) is 23.5. The van der Waals surface area contributed by atoms with Crippen LogP contribution < -0.4 is 25.3 Å². The second kappa shape index (κ2) is 9.17. The highest BCUT2D eigenvalue weighted by Gasteiger charge is 2.42. The molecule has 32 heavy (non-hydrogen) atoms. The number of dihydropyridines is 1. The van der Waals surface area contributed by atoms with Crippen LogP contribution in [-0.2, 0) is 9.59 Å². The number of ketones is 1. The van der Waals surface area contributed by atoms with Crippen LogP contribution in [0, 0.1) is 16.7 Å². The van der Waals surface area contributed by atoms with Crippen molar-refractivity contribution in [1.29, 1.82) is 5.26 Å². The maximum Gasteiger partial charge on any atom is 0.227 e. The Morgan fingerprint density at radius 2 is 1.84 bits per heavy atom. The summed E-state index contributed by atoms with van der Waals surface area (Å²) >= 11 is 1.16. The summed E-state index contributed by atoms with van der Waals surface area (Å²) in [5.41, 5.74) is 7.43. The first-order valence-corrected chi connectivity index (χ1v) is 11.0. The van der Waals surface area contributed by atoms with Gasteiger partial charge in [0.2, 0.25) is 11.7 Å². The second-order valence-corrected chi connectivity index (χ2v) is 9.45. The SMILES string of the molecule is COc1cc([C@@H]2C(C#N)=C(SCC(N)=O)NC3=C2C(=O)CC(C)(C)C3)cc(OC)c1OC. The first-order chi connectivity index (χ1) is 15.1. The number of nitrogens with two attached hydrogens (primary N) is 1. The molecule has 1 heterocycles. The molecule has 0 spiro atoms. The van der Waals surface area contributed by atoms with Crippen molar-refractivity contribution in [2.45, 2.75) is 32.6 Å². The van der Waals surface area contributed by atoms with E-state index in [2.05, 4.69) is 11.4 Å². The highest BCUT2D eigenvalue weighted by molar-refractivity contribution is 8.03. The average molecular weight is 458 g/mol. The molecule has 0 saturated heterocycles. The Balaban J connectivity index is 2.25. The highest BCUT2D eigenvalue weighted by atomic mass is 32.2. The molecule has 0 unspecified atom stereocenters. The summed E-state index contributed by atoms with van der Waals surface area (Å²) in [6.07, 6.45) is 1.01. The number of allylic oxidation sites excluding steroid dienone is 3. The van der Waals surface area contributed by atoms with Gasteiger partial charge in [-0.15, -0.1) is 0 Å². The van der Waals surface area contributed by atoms with Gasteiger partial charge in [-0.3, -0.25) is 9.59 Å². The Morgan fingerprint density at radius 1 is 1.22 bits per heavy atom. The van der Waals surface area contributed by atoms with E-state index in [-0.39, 0.29) is 17.0 Å². The normalized spacial score (nSPS) is 19.6. The van der Waals surface area contributed by atoms with Gasteiger partial charge in [-0.2, -0.15) is 5.26 Å². The average Bonchev–Trinajstić information content (AvgIpc) is 2.74. The van der Waals surface area contributed by atoms with Gasteiger partial charge in [-0.25, -0.2) is 0 Å². The molecule has 3 N–H and O–H groups in total. The molecule has 1 amide bonds. The van der Waals surface area contributed by atoms with Gasteiger partial charge in [0.05, 0.1) is 49.7 Å². The number of hydrogen-bond acceptors (Lipinski definition) is 8. The smallest absolute Gasteiger partial charge is 0.227 e. The number of amides is 1. The van der Waals surface area contributed by atoms with E-state index in [1.807, 2.05) is 13.8 Å². The van der Waals surface area contributed by atoms with Crippen LogP contribution in [0.3, 0.4) is 0 Å². The summed E-state index contributed by atoms with van der Waals surface area (Å²) in [5, 5.41) is 13.9. The van der Waals surface area contributed by atoms with E-state index in [9.17, 15) is 14.9 Å². The third kappa shape index (κ3) is 4.41. The van der Waals surface area contributed by atoms with E-state index in [1.165, 1.54) is 21.3 Å². The zero-order valence-corrected chi connectivity index (χ0v) is 19.6. The van der Waals surface area contributed by atoms with Gasteiger partial charge in [0.1, 0.15) is 0 Å². The molecule has 3 rings (SSSR count). The van der Waals surface area contributed by atoms with Crippen molar-refractivity contribution in [1.82, 2.24) is 5.32 Å². The number of benzene rings is 1. The molecule has 1 aliphatic carbocycles. The summed E-state index contributed by atoms with van der Waals surface area (Å²) in [5.74, 6) is 0.132. The molecule has 0 saturated carbocycles. The number of ether oxygens (including phenoxy) is 3. The van der Waals surface area contributed by atoms with Gasteiger partial charge in [0, 0.05) is 17.7 Å². The molecule has 0 aromatic heterocycles. The van der Waals surface area contributed by atoms with Gasteiger partial charge in [0.15, 0.2) is 17.3 Å². The number of nitrogens with one attached hydrogen (secondary N) is 1. The largest absolute Gasteiger partial charge is 0.493 e. The zero-order valence-electron chi connectivity index (χ0n) is 18.8. The van der Waals surface area contributed by atoms with E-state index < -0.39 is 11.8 Å². The fourth-order valence-electron chi connectivity index (χ4n) is 4.23. The Bertz CT molecular complexity index is 1040. The molecule has 0 fully saturated rings. The topological polar surface area (TPSA) is 124 Å². The van der Waals surface area contributed by atoms with Gasteiger partial charge in [-0.1, -0.05) is 25.6 Å². The molecule has 1 aromatic rings. The molecule has 1 aliphatic heterocycles. The Hall–Kier alpha value is -3.12. The summed E-state index contributed by atoms with van der Waals surface area (Å²) in [6, 6.07) is 5.75. The van der Waals surface area contributed by atoms with Gasteiger partial charge < -0.3 is 25.3 Å². The molecule has 0 radical (unpaired) electrons. The number of methoxy groups -OCH3 is 3. The lowest BCUT2D eigenvalue weighted by molar-refractivity contribution is -0.118. The third-order valence-corrected chi connectivity index (χ3v) is 6.55. The van der Waals surface area contributed by atoms with Crippen molar-refractivity contribution in [3.63, 3.8) is 0 Å². The molecule has 1 atom stereocenters. The molecule has 8 nitrogen and oxygen atoms in total. The van der Waals surface area contributed by atoms with Gasteiger partial charge in [-0.05, 0) is 29.5 Å². The van der Waals surface area contributed by atoms with Crippen LogP contribution in [-0.4, -0.2) is 38.8 Å². The van der Waals surface area contributed by atoms with E-state index in [0.717, 1.165) is 17.5 Å². The Labute approximate surface area is 191 Å². The second-order valence-electron chi connectivity index (χ2n) is 8.46. The maximum absolute atomic E-state index is 13.3. The number of thioether (sulfide) groups is 1. The van der Waals surface area contributed by atoms with Gasteiger partial charge in [0.25, 0.3) is 0 Å². The van der Waals surface area contributed by atoms with Crippen molar-refractivity contribution in [3.8, 4) is 23.3 Å². The number of carbonyl (C=O) groups excluding carboxylic acids is 2. The number of Topliss-reactive ketones (excluding diaryl/α,β-unsaturated/α-hetero) is 1. The van der Waals surface area contributed by atoms with E-state index in [0.29, 0.717) is 51.8 Å². The fourth-order valence-corrected chi connectivity index (χ4v) is 5.04. The zero-order chi connectivity index (χ0) is 23.6. The Morgan fingerprint density at radius 3 is 2.34 bits per heavy atom. The lowest BCUT2D eigenvalue weighted by atomic mass is 9.69. The van der Waals surface area contributed by atoms with Crippen LogP contribution in [0.5, 0.6) is 17.2 Å². The lowest BCUT2D eigenvalue weighted by Gasteiger charge is -2.39. The predicted octanol–water partition coefficient (Wildman–Crippen LogP) is 3.00. The molecular weight excluding hydrogens is 430 g/mol. The number of nitriles is 1. The first-order valence-electron chi connectivity index (χ1n) is 10.0. The minimum absolute atomic E-state index is 0.00937.